The second-order valence-corrected chi connectivity index (χ2v) is 4.72. The van der Waals surface area contributed by atoms with Crippen molar-refractivity contribution >= 4 is 11.5 Å². The summed E-state index contributed by atoms with van der Waals surface area (Å²) in [7, 11) is 0. The monoisotopic (exact) mass is 249 g/mol. The first-order valence-electron chi connectivity index (χ1n) is 6.61. The smallest absolute Gasteiger partial charge is 0.150 e. The number of fused-ring (bicyclic) bond motifs is 1. The van der Waals surface area contributed by atoms with E-state index in [0.29, 0.717) is 5.56 Å². The Labute approximate surface area is 113 Å². The van der Waals surface area contributed by atoms with Crippen LogP contribution in [0.2, 0.25) is 0 Å². The molecule has 0 atom stereocenters. The molecule has 0 saturated heterocycles. The Morgan fingerprint density at radius 1 is 1.11 bits per heavy atom. The van der Waals surface area contributed by atoms with Crippen LogP contribution in [0.1, 0.15) is 24.0 Å². The van der Waals surface area contributed by atoms with E-state index in [1.807, 2.05) is 18.2 Å². The lowest BCUT2D eigenvalue weighted by Crippen LogP contribution is -2.20. The lowest BCUT2D eigenvalue weighted by Gasteiger charge is -2.24. The molecule has 2 heterocycles. The molecule has 0 amide bonds. The van der Waals surface area contributed by atoms with Crippen LogP contribution >= 0.6 is 0 Å². The van der Waals surface area contributed by atoms with Crippen LogP contribution in [0.15, 0.2) is 42.6 Å². The van der Waals surface area contributed by atoms with Crippen molar-refractivity contribution in [1.82, 2.24) is 4.98 Å². The summed E-state index contributed by atoms with van der Waals surface area (Å²) in [5.74, 6) is 0.777. The number of hydrogen-bond donors (Lipinski definition) is 0. The van der Waals surface area contributed by atoms with Gasteiger partial charge in [-0.1, -0.05) is 18.2 Å². The van der Waals surface area contributed by atoms with Crippen molar-refractivity contribution in [1.29, 1.82) is 5.26 Å². The molecule has 2 aromatic rings. The number of aryl methyl sites for hydroxylation is 1. The Bertz CT molecular complexity index is 628. The number of aromatic nitrogens is 1. The zero-order chi connectivity index (χ0) is 13.1. The van der Waals surface area contributed by atoms with Crippen LogP contribution in [0, 0.1) is 11.3 Å². The zero-order valence-electron chi connectivity index (χ0n) is 10.7. The van der Waals surface area contributed by atoms with E-state index in [0.717, 1.165) is 25.2 Å². The second kappa shape index (κ2) is 5.11. The first kappa shape index (κ1) is 11.7. The van der Waals surface area contributed by atoms with Gasteiger partial charge >= 0.3 is 0 Å². The summed E-state index contributed by atoms with van der Waals surface area (Å²) < 4.78 is 0. The number of benzene rings is 1. The van der Waals surface area contributed by atoms with Crippen molar-refractivity contribution in [3.05, 3.63) is 53.7 Å². The van der Waals surface area contributed by atoms with Gasteiger partial charge in [-0.2, -0.15) is 5.26 Å². The molecule has 0 bridgehead atoms. The largest absolute Gasteiger partial charge is 0.325 e. The van der Waals surface area contributed by atoms with Gasteiger partial charge in [-0.05, 0) is 43.0 Å². The van der Waals surface area contributed by atoms with Gasteiger partial charge in [-0.3, -0.25) is 0 Å². The highest BCUT2D eigenvalue weighted by atomic mass is 15.2. The number of nitrogens with zero attached hydrogens (tertiary/aromatic N) is 3. The van der Waals surface area contributed by atoms with Crippen LogP contribution in [-0.4, -0.2) is 11.5 Å². The molecule has 0 N–H and O–H groups in total. The van der Waals surface area contributed by atoms with E-state index in [2.05, 4.69) is 34.2 Å². The topological polar surface area (TPSA) is 39.9 Å². The second-order valence-electron chi connectivity index (χ2n) is 4.72. The Morgan fingerprint density at radius 2 is 2.00 bits per heavy atom. The number of hydrogen-bond acceptors (Lipinski definition) is 3. The Morgan fingerprint density at radius 3 is 2.89 bits per heavy atom. The normalized spacial score (nSPS) is 14.4. The van der Waals surface area contributed by atoms with E-state index >= 15 is 0 Å². The van der Waals surface area contributed by atoms with Gasteiger partial charge in [0.05, 0.1) is 5.56 Å². The molecule has 3 rings (SSSR count). The van der Waals surface area contributed by atoms with Gasteiger partial charge in [0.2, 0.25) is 0 Å². The van der Waals surface area contributed by atoms with Crippen molar-refractivity contribution < 1.29 is 0 Å². The van der Waals surface area contributed by atoms with E-state index in [1.54, 1.807) is 6.20 Å². The van der Waals surface area contributed by atoms with Crippen molar-refractivity contribution in [3.8, 4) is 6.07 Å². The summed E-state index contributed by atoms with van der Waals surface area (Å²) >= 11 is 0. The Hall–Kier alpha value is -2.34. The molecule has 1 aliphatic rings. The molecule has 1 aromatic heterocycles. The van der Waals surface area contributed by atoms with Gasteiger partial charge in [-0.25, -0.2) is 4.98 Å². The molecule has 3 nitrogen and oxygen atoms in total. The SMILES string of the molecule is N#Cc1cccnc1N1CCCCc2ccccc21. The first-order valence-corrected chi connectivity index (χ1v) is 6.61. The molecule has 19 heavy (non-hydrogen) atoms. The lowest BCUT2D eigenvalue weighted by atomic mass is 10.1. The predicted octanol–water partition coefficient (Wildman–Crippen LogP) is 3.43. The van der Waals surface area contributed by atoms with Gasteiger partial charge in [0.1, 0.15) is 6.07 Å². The van der Waals surface area contributed by atoms with Crippen LogP contribution < -0.4 is 4.90 Å². The molecule has 1 aliphatic heterocycles. The first-order chi connectivity index (χ1) is 9.40. The molecule has 1 aromatic carbocycles. The quantitative estimate of drug-likeness (QED) is 0.777. The molecule has 94 valence electrons. The maximum absolute atomic E-state index is 9.25. The third-order valence-corrected chi connectivity index (χ3v) is 3.52. The fourth-order valence-electron chi connectivity index (χ4n) is 2.61. The molecule has 0 radical (unpaired) electrons. The highest BCUT2D eigenvalue weighted by Gasteiger charge is 2.19. The number of rotatable bonds is 1. The van der Waals surface area contributed by atoms with E-state index in [4.69, 9.17) is 0 Å². The zero-order valence-corrected chi connectivity index (χ0v) is 10.7. The summed E-state index contributed by atoms with van der Waals surface area (Å²) in [5, 5.41) is 9.25. The molecule has 3 heteroatoms. The van der Waals surface area contributed by atoms with Gasteiger partial charge < -0.3 is 4.90 Å². The molecule has 0 fully saturated rings. The van der Waals surface area contributed by atoms with Crippen LogP contribution in [0.25, 0.3) is 0 Å². The van der Waals surface area contributed by atoms with E-state index in [9.17, 15) is 5.26 Å². The minimum absolute atomic E-state index is 0.638. The minimum Gasteiger partial charge on any atom is -0.325 e. The molecule has 0 unspecified atom stereocenters. The third-order valence-electron chi connectivity index (χ3n) is 3.52. The summed E-state index contributed by atoms with van der Waals surface area (Å²) in [6.45, 7) is 0.919. The maximum Gasteiger partial charge on any atom is 0.150 e. The molecular weight excluding hydrogens is 234 g/mol. The fourth-order valence-corrected chi connectivity index (χ4v) is 2.61. The number of para-hydroxylation sites is 1. The van der Waals surface area contributed by atoms with Crippen molar-refractivity contribution in [2.75, 3.05) is 11.4 Å². The summed E-state index contributed by atoms with van der Waals surface area (Å²) in [5.41, 5.74) is 3.17. The van der Waals surface area contributed by atoms with Crippen LogP contribution in [0.4, 0.5) is 11.5 Å². The van der Waals surface area contributed by atoms with E-state index < -0.39 is 0 Å². The van der Waals surface area contributed by atoms with Gasteiger partial charge in [-0.15, -0.1) is 0 Å². The highest BCUT2D eigenvalue weighted by molar-refractivity contribution is 5.68. The maximum atomic E-state index is 9.25. The summed E-state index contributed by atoms with van der Waals surface area (Å²) in [6, 6.07) is 14.3. The summed E-state index contributed by atoms with van der Waals surface area (Å²) in [6.07, 6.45) is 5.16. The average molecular weight is 249 g/mol. The molecule has 0 spiro atoms. The minimum atomic E-state index is 0.638. The summed E-state index contributed by atoms with van der Waals surface area (Å²) in [4.78, 5) is 6.60. The predicted molar refractivity (Wildman–Crippen MR) is 75.3 cm³/mol. The lowest BCUT2D eigenvalue weighted by molar-refractivity contribution is 0.757. The van der Waals surface area contributed by atoms with E-state index in [-0.39, 0.29) is 0 Å². The number of pyridine rings is 1. The average Bonchev–Trinajstić information content (AvgIpc) is 2.69. The van der Waals surface area contributed by atoms with Crippen molar-refractivity contribution in [2.45, 2.75) is 19.3 Å². The Balaban J connectivity index is 2.12. The Kier molecular flexibility index (Phi) is 3.16. The third kappa shape index (κ3) is 2.17. The molecular formula is C16H15N3. The van der Waals surface area contributed by atoms with Crippen LogP contribution in [0.5, 0.6) is 0 Å². The van der Waals surface area contributed by atoms with Gasteiger partial charge in [0, 0.05) is 18.4 Å². The van der Waals surface area contributed by atoms with Crippen molar-refractivity contribution in [2.24, 2.45) is 0 Å². The standard InChI is InChI=1S/C16H15N3/c17-12-14-8-5-10-18-16(14)19-11-4-3-7-13-6-1-2-9-15(13)19/h1-2,5-6,8-10H,3-4,7,11H2. The highest BCUT2D eigenvalue weighted by Crippen LogP contribution is 2.32. The number of nitriles is 1. The van der Waals surface area contributed by atoms with Gasteiger partial charge in [0.25, 0.3) is 0 Å². The molecule has 0 aliphatic carbocycles. The van der Waals surface area contributed by atoms with Crippen LogP contribution in [0.3, 0.4) is 0 Å². The van der Waals surface area contributed by atoms with Crippen LogP contribution in [-0.2, 0) is 6.42 Å². The molecule has 0 saturated carbocycles. The van der Waals surface area contributed by atoms with E-state index in [1.165, 1.54) is 17.7 Å². The van der Waals surface area contributed by atoms with Gasteiger partial charge in [0.15, 0.2) is 5.82 Å². The van der Waals surface area contributed by atoms with Crippen molar-refractivity contribution in [3.63, 3.8) is 0 Å². The number of anilines is 2. The fraction of sp³-hybridized carbons (Fsp3) is 0.250.